The van der Waals surface area contributed by atoms with E-state index in [9.17, 15) is 9.59 Å². The maximum absolute atomic E-state index is 11.3. The van der Waals surface area contributed by atoms with Crippen molar-refractivity contribution in [1.29, 1.82) is 0 Å². The maximum Gasteiger partial charge on any atom is 0.377 e. The molecule has 0 unspecified atom stereocenters. The largest absolute Gasteiger partial charge is 0.475 e. The number of carbonyl (C=O) groups is 2. The monoisotopic (exact) mass is 230 g/mol. The van der Waals surface area contributed by atoms with Crippen molar-refractivity contribution in [2.75, 3.05) is 0 Å². The summed E-state index contributed by atoms with van der Waals surface area (Å²) >= 11 is 0. The van der Waals surface area contributed by atoms with Gasteiger partial charge in [0.2, 0.25) is 0 Å². The van der Waals surface area contributed by atoms with Crippen LogP contribution < -0.4 is 0 Å². The summed E-state index contributed by atoms with van der Waals surface area (Å²) in [5.41, 5.74) is 0.871. The molecule has 1 heterocycles. The van der Waals surface area contributed by atoms with Crippen molar-refractivity contribution in [3.05, 3.63) is 48.0 Å². The SMILES string of the molecule is Cc1nccn1-c1cccc(C(=O)C(=O)O)c1. The Kier molecular flexibility index (Phi) is 2.74. The summed E-state index contributed by atoms with van der Waals surface area (Å²) in [5.74, 6) is -1.60. The first-order valence-corrected chi connectivity index (χ1v) is 4.97. The molecule has 0 spiro atoms. The van der Waals surface area contributed by atoms with Gasteiger partial charge in [-0.3, -0.25) is 4.79 Å². The van der Waals surface area contributed by atoms with E-state index in [0.717, 1.165) is 5.82 Å². The van der Waals surface area contributed by atoms with Crippen LogP contribution in [0.15, 0.2) is 36.7 Å². The van der Waals surface area contributed by atoms with Gasteiger partial charge in [0, 0.05) is 23.6 Å². The third kappa shape index (κ3) is 2.08. The number of Topliss-reactive ketones (excluding diaryl/α,β-unsaturated/α-hetero) is 1. The zero-order valence-corrected chi connectivity index (χ0v) is 9.12. The minimum absolute atomic E-state index is 0.156. The third-order valence-electron chi connectivity index (χ3n) is 2.41. The van der Waals surface area contributed by atoms with Gasteiger partial charge in [-0.25, -0.2) is 9.78 Å². The molecule has 0 aliphatic heterocycles. The number of hydrogen-bond donors (Lipinski definition) is 1. The minimum atomic E-state index is -1.45. The Balaban J connectivity index is 2.46. The minimum Gasteiger partial charge on any atom is -0.475 e. The number of aromatic nitrogens is 2. The van der Waals surface area contributed by atoms with E-state index in [1.54, 1.807) is 29.1 Å². The zero-order chi connectivity index (χ0) is 12.4. The molecule has 0 aliphatic carbocycles. The lowest BCUT2D eigenvalue weighted by molar-refractivity contribution is -0.131. The van der Waals surface area contributed by atoms with Crippen LogP contribution in [0.1, 0.15) is 16.2 Å². The van der Waals surface area contributed by atoms with E-state index in [4.69, 9.17) is 5.11 Å². The van der Waals surface area contributed by atoms with E-state index in [1.165, 1.54) is 12.1 Å². The van der Waals surface area contributed by atoms with Gasteiger partial charge in [-0.15, -0.1) is 0 Å². The quantitative estimate of drug-likeness (QED) is 0.639. The number of imidazole rings is 1. The molecular weight excluding hydrogens is 220 g/mol. The molecule has 0 atom stereocenters. The Morgan fingerprint density at radius 2 is 2.12 bits per heavy atom. The summed E-state index contributed by atoms with van der Waals surface area (Å²) in [5, 5.41) is 8.64. The highest BCUT2D eigenvalue weighted by molar-refractivity contribution is 6.39. The highest BCUT2D eigenvalue weighted by Crippen LogP contribution is 2.13. The normalized spacial score (nSPS) is 10.2. The van der Waals surface area contributed by atoms with Crippen LogP contribution in [0.5, 0.6) is 0 Å². The molecule has 2 aromatic rings. The maximum atomic E-state index is 11.3. The molecule has 0 radical (unpaired) electrons. The van der Waals surface area contributed by atoms with Crippen LogP contribution in [0.4, 0.5) is 0 Å². The Labute approximate surface area is 97.3 Å². The summed E-state index contributed by atoms with van der Waals surface area (Å²) in [6.07, 6.45) is 3.39. The van der Waals surface area contributed by atoms with Gasteiger partial charge in [0.05, 0.1) is 0 Å². The topological polar surface area (TPSA) is 72.2 Å². The summed E-state index contributed by atoms with van der Waals surface area (Å²) < 4.78 is 1.78. The highest BCUT2D eigenvalue weighted by atomic mass is 16.4. The molecule has 1 aromatic carbocycles. The first-order valence-electron chi connectivity index (χ1n) is 4.97. The molecule has 1 N–H and O–H groups in total. The number of ketones is 1. The van der Waals surface area contributed by atoms with Crippen molar-refractivity contribution < 1.29 is 14.7 Å². The van der Waals surface area contributed by atoms with Crippen LogP contribution >= 0.6 is 0 Å². The number of carboxylic acids is 1. The van der Waals surface area contributed by atoms with E-state index in [2.05, 4.69) is 4.98 Å². The Morgan fingerprint density at radius 1 is 1.35 bits per heavy atom. The van der Waals surface area contributed by atoms with Crippen LogP contribution in [0.2, 0.25) is 0 Å². The lowest BCUT2D eigenvalue weighted by atomic mass is 10.1. The van der Waals surface area contributed by atoms with Crippen molar-refractivity contribution in [3.8, 4) is 5.69 Å². The van der Waals surface area contributed by atoms with E-state index in [1.807, 2.05) is 6.92 Å². The lowest BCUT2D eigenvalue weighted by Gasteiger charge is -2.05. The number of nitrogens with zero attached hydrogens (tertiary/aromatic N) is 2. The summed E-state index contributed by atoms with van der Waals surface area (Å²) in [4.78, 5) is 26.0. The number of carboxylic acid groups (broad SMARTS) is 1. The fourth-order valence-electron chi connectivity index (χ4n) is 1.57. The molecule has 5 heteroatoms. The van der Waals surface area contributed by atoms with Crippen LogP contribution in [-0.4, -0.2) is 26.4 Å². The van der Waals surface area contributed by atoms with Crippen LogP contribution in [0, 0.1) is 6.92 Å². The van der Waals surface area contributed by atoms with E-state index >= 15 is 0 Å². The molecule has 1 aromatic heterocycles. The van der Waals surface area contributed by atoms with Crippen molar-refractivity contribution in [2.45, 2.75) is 6.92 Å². The van der Waals surface area contributed by atoms with E-state index < -0.39 is 11.8 Å². The van der Waals surface area contributed by atoms with Gasteiger partial charge in [0.25, 0.3) is 5.78 Å². The molecule has 5 nitrogen and oxygen atoms in total. The molecule has 2 rings (SSSR count). The zero-order valence-electron chi connectivity index (χ0n) is 9.12. The Morgan fingerprint density at radius 3 is 2.71 bits per heavy atom. The molecule has 0 aliphatic rings. The number of aliphatic carboxylic acids is 1. The van der Waals surface area contributed by atoms with Gasteiger partial charge in [-0.05, 0) is 19.1 Å². The molecular formula is C12H10N2O3. The summed E-state index contributed by atoms with van der Waals surface area (Å²) in [7, 11) is 0. The molecule has 17 heavy (non-hydrogen) atoms. The second-order valence-corrected chi connectivity index (χ2v) is 3.53. The average Bonchev–Trinajstić information content (AvgIpc) is 2.74. The predicted molar refractivity (Wildman–Crippen MR) is 60.3 cm³/mol. The predicted octanol–water partition coefficient (Wildman–Crippen LogP) is 1.45. The van der Waals surface area contributed by atoms with Crippen LogP contribution in [0.25, 0.3) is 5.69 Å². The molecule has 0 bridgehead atoms. The smallest absolute Gasteiger partial charge is 0.377 e. The van der Waals surface area contributed by atoms with E-state index in [-0.39, 0.29) is 5.56 Å². The Bertz CT molecular complexity index is 587. The molecule has 0 saturated heterocycles. The summed E-state index contributed by atoms with van der Waals surface area (Å²) in [6, 6.07) is 6.44. The number of benzene rings is 1. The van der Waals surface area contributed by atoms with Gasteiger partial charge < -0.3 is 9.67 Å². The average molecular weight is 230 g/mol. The number of rotatable bonds is 3. The second kappa shape index (κ2) is 4.21. The second-order valence-electron chi connectivity index (χ2n) is 3.53. The van der Waals surface area contributed by atoms with E-state index in [0.29, 0.717) is 5.69 Å². The summed E-state index contributed by atoms with van der Waals surface area (Å²) in [6.45, 7) is 1.83. The number of hydrogen-bond acceptors (Lipinski definition) is 3. The van der Waals surface area contributed by atoms with Crippen LogP contribution in [-0.2, 0) is 4.79 Å². The third-order valence-corrected chi connectivity index (χ3v) is 2.41. The van der Waals surface area contributed by atoms with Crippen LogP contribution in [0.3, 0.4) is 0 Å². The fourth-order valence-corrected chi connectivity index (χ4v) is 1.57. The molecule has 0 fully saturated rings. The van der Waals surface area contributed by atoms with Crippen molar-refractivity contribution in [3.63, 3.8) is 0 Å². The standard InChI is InChI=1S/C12H10N2O3/c1-8-13-5-6-14(8)10-4-2-3-9(7-10)11(15)12(16)17/h2-7H,1H3,(H,16,17). The van der Waals surface area contributed by atoms with Gasteiger partial charge >= 0.3 is 5.97 Å². The number of carbonyl (C=O) groups excluding carboxylic acids is 1. The van der Waals surface area contributed by atoms with Gasteiger partial charge in [0.1, 0.15) is 5.82 Å². The molecule has 0 saturated carbocycles. The van der Waals surface area contributed by atoms with Gasteiger partial charge in [0.15, 0.2) is 0 Å². The highest BCUT2D eigenvalue weighted by Gasteiger charge is 2.14. The first-order chi connectivity index (χ1) is 8.09. The fraction of sp³-hybridized carbons (Fsp3) is 0.0833. The van der Waals surface area contributed by atoms with Crippen molar-refractivity contribution in [2.24, 2.45) is 0 Å². The Hall–Kier alpha value is -2.43. The first kappa shape index (κ1) is 11.1. The van der Waals surface area contributed by atoms with Crippen molar-refractivity contribution >= 4 is 11.8 Å². The van der Waals surface area contributed by atoms with Gasteiger partial charge in [-0.2, -0.15) is 0 Å². The van der Waals surface area contributed by atoms with Gasteiger partial charge in [-0.1, -0.05) is 12.1 Å². The molecule has 0 amide bonds. The van der Waals surface area contributed by atoms with Crippen molar-refractivity contribution in [1.82, 2.24) is 9.55 Å². The lowest BCUT2D eigenvalue weighted by Crippen LogP contribution is -2.13. The number of aryl methyl sites for hydroxylation is 1. The molecule has 86 valence electrons.